The highest BCUT2D eigenvalue weighted by Gasteiger charge is 2.33. The van der Waals surface area contributed by atoms with E-state index >= 15 is 0 Å². The summed E-state index contributed by atoms with van der Waals surface area (Å²) in [6, 6.07) is 6.12. The van der Waals surface area contributed by atoms with Gasteiger partial charge in [0.2, 0.25) is 0 Å². The lowest BCUT2D eigenvalue weighted by atomic mass is 9.97. The lowest BCUT2D eigenvalue weighted by Gasteiger charge is -2.30. The molecule has 1 N–H and O–H groups in total. The Bertz CT molecular complexity index is 608. The van der Waals surface area contributed by atoms with E-state index < -0.39 is 0 Å². The van der Waals surface area contributed by atoms with Gasteiger partial charge >= 0.3 is 0 Å². The molecule has 4 nitrogen and oxygen atoms in total. The summed E-state index contributed by atoms with van der Waals surface area (Å²) < 4.78 is 1.07. The van der Waals surface area contributed by atoms with Crippen molar-refractivity contribution in [2.24, 2.45) is 5.92 Å². The maximum absolute atomic E-state index is 12.4. The molecule has 1 amide bonds. The topological polar surface area (TPSA) is 45.2 Å². The zero-order chi connectivity index (χ0) is 13.5. The molecule has 2 aliphatic rings. The highest BCUT2D eigenvalue weighted by atomic mass is 32.1. The van der Waals surface area contributed by atoms with Crippen LogP contribution in [0.2, 0.25) is 0 Å². The number of hydrogen-bond donors (Lipinski definition) is 1. The van der Waals surface area contributed by atoms with Crippen LogP contribution in [-0.2, 0) is 0 Å². The van der Waals surface area contributed by atoms with Gasteiger partial charge in [-0.15, -0.1) is 11.3 Å². The molecule has 2 aliphatic heterocycles. The van der Waals surface area contributed by atoms with Crippen molar-refractivity contribution >= 4 is 27.5 Å². The van der Waals surface area contributed by atoms with Gasteiger partial charge in [0.05, 0.1) is 15.1 Å². The molecule has 2 saturated heterocycles. The number of hydrogen-bond acceptors (Lipinski definition) is 4. The Morgan fingerprint density at radius 3 is 3.25 bits per heavy atom. The molecule has 4 rings (SSSR count). The van der Waals surface area contributed by atoms with Gasteiger partial charge < -0.3 is 10.2 Å². The van der Waals surface area contributed by atoms with E-state index in [0.717, 1.165) is 34.0 Å². The molecule has 2 fully saturated rings. The van der Waals surface area contributed by atoms with E-state index in [4.69, 9.17) is 0 Å². The first-order valence-electron chi connectivity index (χ1n) is 7.16. The van der Waals surface area contributed by atoms with Crippen LogP contribution in [0.1, 0.15) is 22.5 Å². The van der Waals surface area contributed by atoms with Crippen molar-refractivity contribution in [2.45, 2.75) is 18.9 Å². The van der Waals surface area contributed by atoms with Gasteiger partial charge in [0, 0.05) is 25.3 Å². The Hall–Kier alpha value is -1.46. The standard InChI is InChI=1S/C15H17N3OS/c19-15(14-7-12-13(20-14)2-1-4-16-12)17-11-6-10-3-5-18(8-10)9-11/h1-2,4,7,10-11H,3,5-6,8-9H2,(H,17,19)/t10-,11-/m1/s1. The summed E-state index contributed by atoms with van der Waals surface area (Å²) in [5, 5.41) is 3.20. The number of rotatable bonds is 2. The molecule has 0 aliphatic carbocycles. The molecule has 20 heavy (non-hydrogen) atoms. The lowest BCUT2D eigenvalue weighted by Crippen LogP contribution is -2.46. The highest BCUT2D eigenvalue weighted by Crippen LogP contribution is 2.28. The monoisotopic (exact) mass is 287 g/mol. The van der Waals surface area contributed by atoms with Crippen LogP contribution in [0, 0.1) is 5.92 Å². The summed E-state index contributed by atoms with van der Waals surface area (Å²) >= 11 is 1.52. The van der Waals surface area contributed by atoms with Gasteiger partial charge in [0.25, 0.3) is 5.91 Å². The average molecular weight is 287 g/mol. The number of thiophene rings is 1. The molecule has 2 aromatic rings. The van der Waals surface area contributed by atoms with Gasteiger partial charge in [-0.3, -0.25) is 9.78 Å². The van der Waals surface area contributed by atoms with Gasteiger partial charge in [-0.05, 0) is 43.5 Å². The minimum absolute atomic E-state index is 0.0560. The van der Waals surface area contributed by atoms with Crippen molar-refractivity contribution in [3.05, 3.63) is 29.3 Å². The Kier molecular flexibility index (Phi) is 2.97. The number of pyridine rings is 1. The first kappa shape index (κ1) is 12.3. The van der Waals surface area contributed by atoms with Crippen LogP contribution < -0.4 is 5.32 Å². The Labute approximate surface area is 121 Å². The van der Waals surface area contributed by atoms with Crippen LogP contribution in [0.3, 0.4) is 0 Å². The van der Waals surface area contributed by atoms with E-state index in [1.165, 1.54) is 30.8 Å². The van der Waals surface area contributed by atoms with Gasteiger partial charge in [0.1, 0.15) is 0 Å². The Morgan fingerprint density at radius 2 is 2.40 bits per heavy atom. The predicted molar refractivity (Wildman–Crippen MR) is 80.0 cm³/mol. The molecule has 2 bridgehead atoms. The summed E-state index contributed by atoms with van der Waals surface area (Å²) in [6.07, 6.45) is 4.19. The lowest BCUT2D eigenvalue weighted by molar-refractivity contribution is 0.0913. The molecule has 5 heteroatoms. The molecule has 0 spiro atoms. The van der Waals surface area contributed by atoms with E-state index in [2.05, 4.69) is 15.2 Å². The number of fused-ring (bicyclic) bond motifs is 3. The van der Waals surface area contributed by atoms with Crippen LogP contribution in [-0.4, -0.2) is 41.5 Å². The van der Waals surface area contributed by atoms with Gasteiger partial charge in [-0.25, -0.2) is 0 Å². The van der Waals surface area contributed by atoms with Crippen molar-refractivity contribution in [3.63, 3.8) is 0 Å². The first-order chi connectivity index (χ1) is 9.78. The number of nitrogens with zero attached hydrogens (tertiary/aromatic N) is 2. The predicted octanol–water partition coefficient (Wildman–Crippen LogP) is 2.12. The fourth-order valence-corrected chi connectivity index (χ4v) is 4.32. The summed E-state index contributed by atoms with van der Waals surface area (Å²) in [6.45, 7) is 3.43. The molecular weight excluding hydrogens is 270 g/mol. The van der Waals surface area contributed by atoms with Gasteiger partial charge in [-0.2, -0.15) is 0 Å². The zero-order valence-corrected chi connectivity index (χ0v) is 12.0. The van der Waals surface area contributed by atoms with Crippen LogP contribution in [0.25, 0.3) is 10.2 Å². The molecule has 3 atom stereocenters. The van der Waals surface area contributed by atoms with E-state index in [1.807, 2.05) is 18.2 Å². The third-order valence-corrected chi connectivity index (χ3v) is 5.40. The van der Waals surface area contributed by atoms with Crippen molar-refractivity contribution in [1.29, 1.82) is 0 Å². The number of carbonyl (C=O) groups is 1. The summed E-state index contributed by atoms with van der Waals surface area (Å²) in [4.78, 5) is 19.9. The fraction of sp³-hybridized carbons (Fsp3) is 0.467. The maximum atomic E-state index is 12.4. The molecule has 0 aromatic carbocycles. The summed E-state index contributed by atoms with van der Waals surface area (Å²) in [5.41, 5.74) is 0.912. The number of nitrogens with one attached hydrogen (secondary N) is 1. The summed E-state index contributed by atoms with van der Waals surface area (Å²) in [7, 11) is 0. The van der Waals surface area contributed by atoms with Crippen LogP contribution in [0.5, 0.6) is 0 Å². The van der Waals surface area contributed by atoms with Crippen LogP contribution in [0.15, 0.2) is 24.4 Å². The second-order valence-corrected chi connectivity index (χ2v) is 6.90. The van der Waals surface area contributed by atoms with Crippen molar-refractivity contribution in [3.8, 4) is 0 Å². The quantitative estimate of drug-likeness (QED) is 0.920. The zero-order valence-electron chi connectivity index (χ0n) is 11.2. The van der Waals surface area contributed by atoms with E-state index in [1.54, 1.807) is 6.20 Å². The van der Waals surface area contributed by atoms with Crippen LogP contribution in [0.4, 0.5) is 0 Å². The minimum atomic E-state index is 0.0560. The Balaban J connectivity index is 1.49. The second kappa shape index (κ2) is 4.82. The second-order valence-electron chi connectivity index (χ2n) is 5.82. The molecular formula is C15H17N3OS. The number of carbonyl (C=O) groups excluding carboxylic acids is 1. The highest BCUT2D eigenvalue weighted by molar-refractivity contribution is 7.20. The van der Waals surface area contributed by atoms with E-state index in [0.29, 0.717) is 6.04 Å². The maximum Gasteiger partial charge on any atom is 0.261 e. The van der Waals surface area contributed by atoms with Gasteiger partial charge in [0.15, 0.2) is 0 Å². The van der Waals surface area contributed by atoms with E-state index in [-0.39, 0.29) is 5.91 Å². The number of amides is 1. The summed E-state index contributed by atoms with van der Waals surface area (Å²) in [5.74, 6) is 0.832. The van der Waals surface area contributed by atoms with Gasteiger partial charge in [-0.1, -0.05) is 0 Å². The van der Waals surface area contributed by atoms with Crippen LogP contribution >= 0.6 is 11.3 Å². The third kappa shape index (κ3) is 2.21. The average Bonchev–Trinajstić information content (AvgIpc) is 3.02. The minimum Gasteiger partial charge on any atom is -0.347 e. The largest absolute Gasteiger partial charge is 0.347 e. The molecule has 0 radical (unpaired) electrons. The smallest absolute Gasteiger partial charge is 0.261 e. The Morgan fingerprint density at radius 1 is 1.45 bits per heavy atom. The molecule has 4 heterocycles. The third-order valence-electron chi connectivity index (χ3n) is 4.31. The first-order valence-corrected chi connectivity index (χ1v) is 7.97. The van der Waals surface area contributed by atoms with Crippen molar-refractivity contribution < 1.29 is 4.79 Å². The number of piperidine rings is 1. The van der Waals surface area contributed by atoms with E-state index in [9.17, 15) is 4.79 Å². The fourth-order valence-electron chi connectivity index (χ4n) is 3.40. The molecule has 2 aromatic heterocycles. The SMILES string of the molecule is O=C(N[C@@H]1C[C@H]2CCN(C2)C1)c1cc2ncccc2s1. The number of aromatic nitrogens is 1. The van der Waals surface area contributed by atoms with Crippen molar-refractivity contribution in [1.82, 2.24) is 15.2 Å². The normalized spacial score (nSPS) is 28.7. The molecule has 1 unspecified atom stereocenters. The molecule has 0 saturated carbocycles. The van der Waals surface area contributed by atoms with Crippen molar-refractivity contribution in [2.75, 3.05) is 19.6 Å². The molecule has 104 valence electrons.